The third kappa shape index (κ3) is 5.48. The molecule has 1 heterocycles. The average molecular weight is 245 g/mol. The Hall–Kier alpha value is -0.650. The van der Waals surface area contributed by atoms with Crippen LogP contribution in [0.3, 0.4) is 0 Å². The Bertz CT molecular complexity index is 229. The molecule has 0 aromatic carbocycles. The molecule has 0 amide bonds. The fourth-order valence-electron chi connectivity index (χ4n) is 2.09. The Labute approximate surface area is 103 Å². The monoisotopic (exact) mass is 245 g/mol. The molecule has 0 saturated carbocycles. The minimum Gasteiger partial charge on any atom is -0.469 e. The van der Waals surface area contributed by atoms with Crippen molar-refractivity contribution in [3.63, 3.8) is 0 Å². The van der Waals surface area contributed by atoms with Crippen molar-refractivity contribution in [1.82, 2.24) is 4.90 Å². The molecule has 0 aromatic heterocycles. The van der Waals surface area contributed by atoms with Crippen molar-refractivity contribution in [2.75, 3.05) is 33.9 Å². The van der Waals surface area contributed by atoms with Crippen LogP contribution in [0.25, 0.3) is 0 Å². The smallest absolute Gasteiger partial charge is 0.305 e. The van der Waals surface area contributed by atoms with E-state index in [1.807, 2.05) is 7.05 Å². The SMILES string of the molecule is COC(=O)CCC(O)CN(C)C1CCOCC1. The molecule has 1 aliphatic rings. The first-order chi connectivity index (χ1) is 8.13. The van der Waals surface area contributed by atoms with E-state index in [9.17, 15) is 9.90 Å². The van der Waals surface area contributed by atoms with Gasteiger partial charge in [-0.25, -0.2) is 0 Å². The summed E-state index contributed by atoms with van der Waals surface area (Å²) in [5, 5.41) is 9.81. The maximum Gasteiger partial charge on any atom is 0.305 e. The number of carbonyl (C=O) groups is 1. The van der Waals surface area contributed by atoms with E-state index in [0.29, 0.717) is 19.0 Å². The number of carbonyl (C=O) groups excluding carboxylic acids is 1. The number of aliphatic hydroxyl groups excluding tert-OH is 1. The highest BCUT2D eigenvalue weighted by Crippen LogP contribution is 2.13. The van der Waals surface area contributed by atoms with Crippen LogP contribution in [0.2, 0.25) is 0 Å². The molecule has 0 aliphatic carbocycles. The molecule has 5 nitrogen and oxygen atoms in total. The maximum atomic E-state index is 10.9. The molecule has 1 N–H and O–H groups in total. The van der Waals surface area contributed by atoms with Gasteiger partial charge in [0.15, 0.2) is 0 Å². The summed E-state index contributed by atoms with van der Waals surface area (Å²) in [5.74, 6) is -0.266. The van der Waals surface area contributed by atoms with Gasteiger partial charge in [-0.1, -0.05) is 0 Å². The molecule has 0 radical (unpaired) electrons. The van der Waals surface area contributed by atoms with E-state index in [1.165, 1.54) is 7.11 Å². The van der Waals surface area contributed by atoms with Gasteiger partial charge in [-0.2, -0.15) is 0 Å². The third-order valence-electron chi connectivity index (χ3n) is 3.22. The lowest BCUT2D eigenvalue weighted by Gasteiger charge is -2.32. The van der Waals surface area contributed by atoms with Gasteiger partial charge in [-0.3, -0.25) is 4.79 Å². The molecule has 0 spiro atoms. The molecule has 17 heavy (non-hydrogen) atoms. The van der Waals surface area contributed by atoms with E-state index >= 15 is 0 Å². The molecule has 0 bridgehead atoms. The van der Waals surface area contributed by atoms with Crippen LogP contribution in [0.1, 0.15) is 25.7 Å². The first-order valence-electron chi connectivity index (χ1n) is 6.16. The van der Waals surface area contributed by atoms with Crippen molar-refractivity contribution in [3.8, 4) is 0 Å². The van der Waals surface area contributed by atoms with E-state index < -0.39 is 6.10 Å². The second-order valence-corrected chi connectivity index (χ2v) is 4.55. The van der Waals surface area contributed by atoms with Crippen molar-refractivity contribution in [3.05, 3.63) is 0 Å². The molecule has 1 saturated heterocycles. The fourth-order valence-corrected chi connectivity index (χ4v) is 2.09. The van der Waals surface area contributed by atoms with Crippen LogP contribution < -0.4 is 0 Å². The van der Waals surface area contributed by atoms with Crippen LogP contribution in [-0.2, 0) is 14.3 Å². The molecule has 1 atom stereocenters. The van der Waals surface area contributed by atoms with Crippen LogP contribution in [0.4, 0.5) is 0 Å². The predicted octanol–water partition coefficient (Wildman–Crippen LogP) is 0.411. The standard InChI is InChI=1S/C12H23NO4/c1-13(10-5-7-17-8-6-10)9-11(14)3-4-12(15)16-2/h10-11,14H,3-9H2,1-2H3. The van der Waals surface area contributed by atoms with Gasteiger partial charge < -0.3 is 19.5 Å². The van der Waals surface area contributed by atoms with Crippen molar-refractivity contribution < 1.29 is 19.4 Å². The first kappa shape index (κ1) is 14.4. The lowest BCUT2D eigenvalue weighted by Crippen LogP contribution is -2.40. The van der Waals surface area contributed by atoms with Gasteiger partial charge in [0.1, 0.15) is 0 Å². The number of rotatable bonds is 6. The molecular formula is C12H23NO4. The third-order valence-corrected chi connectivity index (χ3v) is 3.22. The van der Waals surface area contributed by atoms with E-state index in [0.717, 1.165) is 26.1 Å². The zero-order valence-corrected chi connectivity index (χ0v) is 10.7. The zero-order chi connectivity index (χ0) is 12.7. The fraction of sp³-hybridized carbons (Fsp3) is 0.917. The molecule has 5 heteroatoms. The molecule has 0 aromatic rings. The van der Waals surface area contributed by atoms with Crippen LogP contribution in [0.15, 0.2) is 0 Å². The number of methoxy groups -OCH3 is 1. The highest BCUT2D eigenvalue weighted by Gasteiger charge is 2.20. The van der Waals surface area contributed by atoms with E-state index in [1.54, 1.807) is 0 Å². The summed E-state index contributed by atoms with van der Waals surface area (Å²) in [6.07, 6.45) is 2.29. The van der Waals surface area contributed by atoms with Crippen molar-refractivity contribution in [2.45, 2.75) is 37.8 Å². The van der Waals surface area contributed by atoms with Crippen LogP contribution in [0.5, 0.6) is 0 Å². The summed E-state index contributed by atoms with van der Waals surface area (Å²) in [4.78, 5) is 13.1. The topological polar surface area (TPSA) is 59.0 Å². The highest BCUT2D eigenvalue weighted by molar-refractivity contribution is 5.69. The predicted molar refractivity (Wildman–Crippen MR) is 63.7 cm³/mol. The maximum absolute atomic E-state index is 10.9. The Morgan fingerprint density at radius 1 is 1.53 bits per heavy atom. The van der Waals surface area contributed by atoms with Crippen LogP contribution in [0, 0.1) is 0 Å². The Kier molecular flexibility index (Phi) is 6.47. The lowest BCUT2D eigenvalue weighted by molar-refractivity contribution is -0.141. The molecule has 1 aliphatic heterocycles. The minimum absolute atomic E-state index is 0.266. The summed E-state index contributed by atoms with van der Waals surface area (Å²) in [7, 11) is 3.38. The Morgan fingerprint density at radius 2 is 2.18 bits per heavy atom. The second kappa shape index (κ2) is 7.63. The molecule has 1 fully saturated rings. The largest absolute Gasteiger partial charge is 0.469 e. The minimum atomic E-state index is -0.470. The molecule has 1 unspecified atom stereocenters. The Balaban J connectivity index is 2.19. The first-order valence-corrected chi connectivity index (χ1v) is 6.16. The van der Waals surface area contributed by atoms with Gasteiger partial charge in [0.05, 0.1) is 13.2 Å². The van der Waals surface area contributed by atoms with E-state index in [-0.39, 0.29) is 12.4 Å². The van der Waals surface area contributed by atoms with Gasteiger partial charge in [0.2, 0.25) is 0 Å². The lowest BCUT2D eigenvalue weighted by atomic mass is 10.1. The summed E-state index contributed by atoms with van der Waals surface area (Å²) < 4.78 is 9.84. The van der Waals surface area contributed by atoms with Gasteiger partial charge in [0, 0.05) is 32.2 Å². The normalized spacial score (nSPS) is 19.3. The summed E-state index contributed by atoms with van der Waals surface area (Å²) in [6.45, 7) is 2.20. The van der Waals surface area contributed by atoms with E-state index in [2.05, 4.69) is 9.64 Å². The van der Waals surface area contributed by atoms with Crippen molar-refractivity contribution in [1.29, 1.82) is 0 Å². The molecule has 1 rings (SSSR count). The average Bonchev–Trinajstić information content (AvgIpc) is 2.36. The van der Waals surface area contributed by atoms with Gasteiger partial charge in [0.25, 0.3) is 0 Å². The van der Waals surface area contributed by atoms with Gasteiger partial charge >= 0.3 is 5.97 Å². The Morgan fingerprint density at radius 3 is 2.76 bits per heavy atom. The van der Waals surface area contributed by atoms with Crippen LogP contribution >= 0.6 is 0 Å². The van der Waals surface area contributed by atoms with Gasteiger partial charge in [-0.15, -0.1) is 0 Å². The second-order valence-electron chi connectivity index (χ2n) is 4.55. The quantitative estimate of drug-likeness (QED) is 0.687. The number of hydrogen-bond acceptors (Lipinski definition) is 5. The summed E-state index contributed by atoms with van der Waals surface area (Å²) >= 11 is 0. The van der Waals surface area contributed by atoms with Crippen LogP contribution in [-0.4, -0.2) is 62.0 Å². The molecule has 100 valence electrons. The van der Waals surface area contributed by atoms with Gasteiger partial charge in [-0.05, 0) is 26.3 Å². The van der Waals surface area contributed by atoms with Crippen molar-refractivity contribution in [2.24, 2.45) is 0 Å². The number of nitrogens with zero attached hydrogens (tertiary/aromatic N) is 1. The zero-order valence-electron chi connectivity index (χ0n) is 10.7. The number of esters is 1. The molecular weight excluding hydrogens is 222 g/mol. The number of aliphatic hydroxyl groups is 1. The number of ether oxygens (including phenoxy) is 2. The van der Waals surface area contributed by atoms with E-state index in [4.69, 9.17) is 4.74 Å². The number of hydrogen-bond donors (Lipinski definition) is 1. The van der Waals surface area contributed by atoms with Crippen molar-refractivity contribution >= 4 is 5.97 Å². The summed E-state index contributed by atoms with van der Waals surface area (Å²) in [5.41, 5.74) is 0. The number of likely N-dealkylation sites (N-methyl/N-ethyl adjacent to an activating group) is 1. The highest BCUT2D eigenvalue weighted by atomic mass is 16.5. The summed E-state index contributed by atoms with van der Waals surface area (Å²) in [6, 6.07) is 0.483.